The van der Waals surface area contributed by atoms with E-state index in [9.17, 15) is 4.79 Å². The lowest BCUT2D eigenvalue weighted by Gasteiger charge is -2.22. The fourth-order valence-electron chi connectivity index (χ4n) is 3.08. The normalized spacial score (nSPS) is 15.7. The number of anilines is 1. The summed E-state index contributed by atoms with van der Waals surface area (Å²) in [6.45, 7) is 0.528. The molecule has 3 aromatic rings. The first-order valence-electron chi connectivity index (χ1n) is 8.64. The Balaban J connectivity index is 1.81. The van der Waals surface area contributed by atoms with Gasteiger partial charge in [-0.1, -0.05) is 72.8 Å². The first-order valence-corrected chi connectivity index (χ1v) is 8.64. The summed E-state index contributed by atoms with van der Waals surface area (Å²) in [5.74, 6) is 0.0506. The van der Waals surface area contributed by atoms with Gasteiger partial charge in [0.05, 0.1) is 7.11 Å². The second-order valence-corrected chi connectivity index (χ2v) is 6.09. The quantitative estimate of drug-likeness (QED) is 0.527. The Kier molecular flexibility index (Phi) is 4.61. The summed E-state index contributed by atoms with van der Waals surface area (Å²) in [5.41, 5.74) is 3.30. The summed E-state index contributed by atoms with van der Waals surface area (Å²) in [4.78, 5) is 18.6. The molecule has 0 saturated heterocycles. The average Bonchev–Trinajstić information content (AvgIpc) is 3.24. The average molecular weight is 358 g/mol. The number of rotatable bonds is 4. The number of methoxy groups -OCH3 is 1. The van der Waals surface area contributed by atoms with Crippen LogP contribution in [0.4, 0.5) is 5.95 Å². The molecule has 0 spiro atoms. The van der Waals surface area contributed by atoms with Gasteiger partial charge >= 0.3 is 5.97 Å². The fourth-order valence-corrected chi connectivity index (χ4v) is 3.08. The van der Waals surface area contributed by atoms with E-state index in [1.54, 1.807) is 11.0 Å². The van der Waals surface area contributed by atoms with Gasteiger partial charge < -0.3 is 9.64 Å². The molecule has 6 nitrogen and oxygen atoms in total. The Labute approximate surface area is 157 Å². The molecule has 2 aromatic carbocycles. The van der Waals surface area contributed by atoms with Crippen LogP contribution in [0.25, 0.3) is 22.5 Å². The highest BCUT2D eigenvalue weighted by atomic mass is 16.5. The van der Waals surface area contributed by atoms with Gasteiger partial charge in [-0.25, -0.2) is 9.78 Å². The molecule has 134 valence electrons. The van der Waals surface area contributed by atoms with Crippen molar-refractivity contribution in [1.82, 2.24) is 15.2 Å². The summed E-state index contributed by atoms with van der Waals surface area (Å²) >= 11 is 0. The van der Waals surface area contributed by atoms with E-state index in [1.165, 1.54) is 7.11 Å². The van der Waals surface area contributed by atoms with Crippen molar-refractivity contribution in [2.45, 2.75) is 6.04 Å². The van der Waals surface area contributed by atoms with Crippen LogP contribution in [0.5, 0.6) is 0 Å². The highest BCUT2D eigenvalue weighted by molar-refractivity contribution is 5.83. The van der Waals surface area contributed by atoms with E-state index in [4.69, 9.17) is 9.72 Å². The predicted octanol–water partition coefficient (Wildman–Crippen LogP) is 3.12. The molecule has 0 saturated carbocycles. The number of carbonyl (C=O) groups is 1. The van der Waals surface area contributed by atoms with Crippen molar-refractivity contribution in [1.29, 1.82) is 0 Å². The third-order valence-electron chi connectivity index (χ3n) is 4.43. The molecule has 0 bridgehead atoms. The number of nitrogens with zero attached hydrogens (tertiary/aromatic N) is 4. The van der Waals surface area contributed by atoms with E-state index in [-0.39, 0.29) is 5.97 Å². The van der Waals surface area contributed by atoms with Gasteiger partial charge in [-0.05, 0) is 0 Å². The highest BCUT2D eigenvalue weighted by Gasteiger charge is 2.30. The first-order chi connectivity index (χ1) is 13.3. The number of ether oxygens (including phenoxy) is 1. The van der Waals surface area contributed by atoms with Crippen molar-refractivity contribution in [2.24, 2.45) is 0 Å². The molecule has 6 heteroatoms. The molecule has 0 unspecified atom stereocenters. The van der Waals surface area contributed by atoms with Crippen LogP contribution in [-0.4, -0.2) is 40.8 Å². The molecule has 0 N–H and O–H groups in total. The van der Waals surface area contributed by atoms with Crippen LogP contribution in [0.1, 0.15) is 0 Å². The molecule has 27 heavy (non-hydrogen) atoms. The van der Waals surface area contributed by atoms with Gasteiger partial charge in [0.15, 0.2) is 0 Å². The van der Waals surface area contributed by atoms with Crippen molar-refractivity contribution >= 4 is 11.9 Å². The summed E-state index contributed by atoms with van der Waals surface area (Å²) in [6.07, 6.45) is 3.70. The maximum Gasteiger partial charge on any atom is 0.332 e. The van der Waals surface area contributed by atoms with Crippen LogP contribution < -0.4 is 4.90 Å². The molecule has 0 aliphatic carbocycles. The molecule has 4 rings (SSSR count). The standard InChI is InChI=1S/C21H18N4O2/c1-27-20(26)17-13-8-14-25(17)21-22-18(15-9-4-2-5-10-15)19(23-24-21)16-11-6-3-7-12-16/h2-13,17H,14H2,1H3/t17-/m0/s1. The van der Waals surface area contributed by atoms with Gasteiger partial charge in [-0.15, -0.1) is 10.2 Å². The molecule has 1 atom stereocenters. The topological polar surface area (TPSA) is 68.2 Å². The summed E-state index contributed by atoms with van der Waals surface area (Å²) in [7, 11) is 1.37. The number of hydrogen-bond donors (Lipinski definition) is 0. The van der Waals surface area contributed by atoms with E-state index >= 15 is 0 Å². The lowest BCUT2D eigenvalue weighted by molar-refractivity contribution is -0.140. The Morgan fingerprint density at radius 2 is 1.59 bits per heavy atom. The van der Waals surface area contributed by atoms with Crippen LogP contribution in [0, 0.1) is 0 Å². The van der Waals surface area contributed by atoms with Gasteiger partial charge in [0, 0.05) is 17.7 Å². The minimum absolute atomic E-state index is 0.347. The summed E-state index contributed by atoms with van der Waals surface area (Å²) in [6, 6.07) is 19.1. The molecule has 0 fully saturated rings. The monoisotopic (exact) mass is 358 g/mol. The third-order valence-corrected chi connectivity index (χ3v) is 4.43. The largest absolute Gasteiger partial charge is 0.467 e. The zero-order chi connectivity index (χ0) is 18.6. The van der Waals surface area contributed by atoms with Crippen molar-refractivity contribution in [2.75, 3.05) is 18.6 Å². The van der Waals surface area contributed by atoms with E-state index in [0.29, 0.717) is 18.2 Å². The van der Waals surface area contributed by atoms with Crippen LogP contribution in [-0.2, 0) is 9.53 Å². The van der Waals surface area contributed by atoms with E-state index in [1.807, 2.05) is 66.7 Å². The molecule has 2 heterocycles. The Hall–Kier alpha value is -3.54. The Bertz CT molecular complexity index is 974. The maximum absolute atomic E-state index is 12.1. The van der Waals surface area contributed by atoms with Crippen LogP contribution >= 0.6 is 0 Å². The smallest absolute Gasteiger partial charge is 0.332 e. The minimum atomic E-state index is -0.539. The van der Waals surface area contributed by atoms with Gasteiger partial charge in [0.1, 0.15) is 17.4 Å². The lowest BCUT2D eigenvalue weighted by atomic mass is 10.0. The summed E-state index contributed by atoms with van der Waals surface area (Å²) in [5, 5.41) is 8.76. The van der Waals surface area contributed by atoms with Crippen molar-refractivity contribution in [3.8, 4) is 22.5 Å². The molecule has 0 radical (unpaired) electrons. The zero-order valence-corrected chi connectivity index (χ0v) is 14.8. The Morgan fingerprint density at radius 3 is 2.22 bits per heavy atom. The maximum atomic E-state index is 12.1. The number of carbonyl (C=O) groups excluding carboxylic acids is 1. The zero-order valence-electron chi connectivity index (χ0n) is 14.8. The molecular formula is C21H18N4O2. The fraction of sp³-hybridized carbons (Fsp3) is 0.143. The van der Waals surface area contributed by atoms with E-state index < -0.39 is 6.04 Å². The molecule has 1 aromatic heterocycles. The van der Waals surface area contributed by atoms with Crippen LogP contribution in [0.3, 0.4) is 0 Å². The SMILES string of the molecule is COC(=O)[C@@H]1C=CCN1c1nnc(-c2ccccc2)c(-c2ccccc2)n1. The van der Waals surface area contributed by atoms with Crippen LogP contribution in [0.2, 0.25) is 0 Å². The first kappa shape index (κ1) is 16.9. The molecule has 1 aliphatic heterocycles. The number of benzene rings is 2. The summed E-state index contributed by atoms with van der Waals surface area (Å²) < 4.78 is 4.89. The molecule has 0 amide bonds. The van der Waals surface area contributed by atoms with E-state index in [2.05, 4.69) is 10.2 Å². The second-order valence-electron chi connectivity index (χ2n) is 6.09. The number of aromatic nitrogens is 3. The van der Waals surface area contributed by atoms with Crippen LogP contribution in [0.15, 0.2) is 72.8 Å². The number of esters is 1. The second kappa shape index (κ2) is 7.37. The van der Waals surface area contributed by atoms with E-state index in [0.717, 1.165) is 16.8 Å². The predicted molar refractivity (Wildman–Crippen MR) is 103 cm³/mol. The Morgan fingerprint density at radius 1 is 0.963 bits per heavy atom. The lowest BCUT2D eigenvalue weighted by Crippen LogP contribution is -2.38. The third kappa shape index (κ3) is 3.29. The van der Waals surface area contributed by atoms with Crippen molar-refractivity contribution in [3.63, 3.8) is 0 Å². The minimum Gasteiger partial charge on any atom is -0.467 e. The van der Waals surface area contributed by atoms with Gasteiger partial charge in [-0.2, -0.15) is 0 Å². The molecular weight excluding hydrogens is 340 g/mol. The van der Waals surface area contributed by atoms with Gasteiger partial charge in [-0.3, -0.25) is 0 Å². The molecule has 1 aliphatic rings. The van der Waals surface area contributed by atoms with Gasteiger partial charge in [0.2, 0.25) is 5.95 Å². The van der Waals surface area contributed by atoms with Gasteiger partial charge in [0.25, 0.3) is 0 Å². The van der Waals surface area contributed by atoms with Crippen molar-refractivity contribution < 1.29 is 9.53 Å². The van der Waals surface area contributed by atoms with Crippen molar-refractivity contribution in [3.05, 3.63) is 72.8 Å². The number of hydrogen-bond acceptors (Lipinski definition) is 6. The highest BCUT2D eigenvalue weighted by Crippen LogP contribution is 2.30.